The van der Waals surface area contributed by atoms with Crippen LogP contribution < -0.4 is 15.5 Å². The summed E-state index contributed by atoms with van der Waals surface area (Å²) in [4.78, 5) is 29.1. The zero-order valence-corrected chi connectivity index (χ0v) is 11.8. The van der Waals surface area contributed by atoms with Gasteiger partial charge in [-0.3, -0.25) is 9.69 Å². The molecule has 8 nitrogen and oxygen atoms in total. The zero-order chi connectivity index (χ0) is 13.9. The van der Waals surface area contributed by atoms with Crippen LogP contribution in [0.2, 0.25) is 0 Å². The molecule has 0 bridgehead atoms. The van der Waals surface area contributed by atoms with Crippen LogP contribution in [-0.4, -0.2) is 40.2 Å². The van der Waals surface area contributed by atoms with Gasteiger partial charge in [-0.25, -0.2) is 9.78 Å². The van der Waals surface area contributed by atoms with E-state index in [0.29, 0.717) is 29.0 Å². The highest BCUT2D eigenvalue weighted by atomic mass is 32.1. The maximum atomic E-state index is 11.8. The SMILES string of the molecule is O=C(Cc1csc(N2CCNC2=O)n1)Nc1nncs1. The Labute approximate surface area is 121 Å². The van der Waals surface area contributed by atoms with E-state index < -0.39 is 0 Å². The number of hydrogen-bond donors (Lipinski definition) is 2. The van der Waals surface area contributed by atoms with Crippen molar-refractivity contribution in [2.45, 2.75) is 6.42 Å². The molecule has 0 aromatic carbocycles. The van der Waals surface area contributed by atoms with Gasteiger partial charge < -0.3 is 10.6 Å². The van der Waals surface area contributed by atoms with Gasteiger partial charge in [-0.1, -0.05) is 11.3 Å². The molecule has 0 unspecified atom stereocenters. The lowest BCUT2D eigenvalue weighted by Gasteiger charge is -2.08. The number of urea groups is 1. The van der Waals surface area contributed by atoms with Crippen molar-refractivity contribution < 1.29 is 9.59 Å². The third kappa shape index (κ3) is 2.75. The molecular weight excluding hydrogens is 300 g/mol. The van der Waals surface area contributed by atoms with Crippen molar-refractivity contribution in [3.63, 3.8) is 0 Å². The minimum absolute atomic E-state index is 0.144. The second kappa shape index (κ2) is 5.51. The summed E-state index contributed by atoms with van der Waals surface area (Å²) < 4.78 is 0. The fourth-order valence-corrected chi connectivity index (χ4v) is 3.02. The van der Waals surface area contributed by atoms with Crippen molar-refractivity contribution in [2.24, 2.45) is 0 Å². The van der Waals surface area contributed by atoms with Crippen LogP contribution in [0.4, 0.5) is 15.1 Å². The summed E-state index contributed by atoms with van der Waals surface area (Å²) >= 11 is 2.60. The number of hydrogen-bond acceptors (Lipinski definition) is 7. The third-order valence-electron chi connectivity index (χ3n) is 2.58. The molecule has 20 heavy (non-hydrogen) atoms. The monoisotopic (exact) mass is 310 g/mol. The number of thiazole rings is 1. The van der Waals surface area contributed by atoms with Gasteiger partial charge in [-0.2, -0.15) is 0 Å². The van der Waals surface area contributed by atoms with Crippen LogP contribution in [0.15, 0.2) is 10.9 Å². The largest absolute Gasteiger partial charge is 0.336 e. The van der Waals surface area contributed by atoms with E-state index in [0.717, 1.165) is 0 Å². The summed E-state index contributed by atoms with van der Waals surface area (Å²) in [5.41, 5.74) is 2.18. The molecule has 1 aliphatic rings. The molecule has 1 aliphatic heterocycles. The number of rotatable bonds is 4. The van der Waals surface area contributed by atoms with Crippen LogP contribution in [-0.2, 0) is 11.2 Å². The predicted octanol–water partition coefficient (Wildman–Crippen LogP) is 0.705. The maximum Gasteiger partial charge on any atom is 0.323 e. The molecule has 104 valence electrons. The van der Waals surface area contributed by atoms with Crippen LogP contribution in [0.5, 0.6) is 0 Å². The van der Waals surface area contributed by atoms with Gasteiger partial charge in [0.15, 0.2) is 5.13 Å². The summed E-state index contributed by atoms with van der Waals surface area (Å²) in [6, 6.07) is -0.149. The molecule has 3 heterocycles. The van der Waals surface area contributed by atoms with Crippen LogP contribution >= 0.6 is 22.7 Å². The standard InChI is InChI=1S/C10H10N6O2S2/c17-7(14-8-15-12-5-20-8)3-6-4-19-10(13-6)16-2-1-11-9(16)18/h4-5H,1-3H2,(H,11,18)(H,14,15,17). The predicted molar refractivity (Wildman–Crippen MR) is 75.1 cm³/mol. The summed E-state index contributed by atoms with van der Waals surface area (Å²) in [6.45, 7) is 1.22. The molecule has 3 amide bonds. The highest BCUT2D eigenvalue weighted by Gasteiger charge is 2.24. The minimum Gasteiger partial charge on any atom is -0.336 e. The number of nitrogens with zero attached hydrogens (tertiary/aromatic N) is 4. The minimum atomic E-state index is -0.204. The van der Waals surface area contributed by atoms with E-state index >= 15 is 0 Å². The Kier molecular flexibility index (Phi) is 3.56. The molecule has 0 atom stereocenters. The molecule has 1 saturated heterocycles. The maximum absolute atomic E-state index is 11.8. The van der Waals surface area contributed by atoms with Crippen molar-refractivity contribution in [3.8, 4) is 0 Å². The first-order valence-electron chi connectivity index (χ1n) is 5.78. The first-order valence-corrected chi connectivity index (χ1v) is 7.54. The summed E-state index contributed by atoms with van der Waals surface area (Å²) in [5.74, 6) is -0.204. The number of anilines is 2. The molecule has 2 aromatic rings. The van der Waals surface area contributed by atoms with E-state index in [9.17, 15) is 9.59 Å². The van der Waals surface area contributed by atoms with Gasteiger partial charge in [-0.15, -0.1) is 21.5 Å². The fourth-order valence-electron chi connectivity index (χ4n) is 1.71. The van der Waals surface area contributed by atoms with Crippen molar-refractivity contribution in [3.05, 3.63) is 16.6 Å². The fraction of sp³-hybridized carbons (Fsp3) is 0.300. The second-order valence-electron chi connectivity index (χ2n) is 3.97. The Hall–Kier alpha value is -2.07. The Bertz CT molecular complexity index is 625. The van der Waals surface area contributed by atoms with Gasteiger partial charge in [-0.05, 0) is 0 Å². The van der Waals surface area contributed by atoms with E-state index in [1.54, 1.807) is 15.8 Å². The lowest BCUT2D eigenvalue weighted by molar-refractivity contribution is -0.115. The Morgan fingerprint density at radius 1 is 1.50 bits per heavy atom. The van der Waals surface area contributed by atoms with Gasteiger partial charge in [0.25, 0.3) is 0 Å². The average molecular weight is 310 g/mol. The van der Waals surface area contributed by atoms with Crippen LogP contribution in [0, 0.1) is 0 Å². The highest BCUT2D eigenvalue weighted by Crippen LogP contribution is 2.22. The first-order chi connectivity index (χ1) is 9.72. The average Bonchev–Trinajstić information content (AvgIpc) is 3.11. The number of nitrogens with one attached hydrogen (secondary N) is 2. The van der Waals surface area contributed by atoms with E-state index in [2.05, 4.69) is 25.8 Å². The van der Waals surface area contributed by atoms with E-state index in [1.807, 2.05) is 0 Å². The number of aromatic nitrogens is 3. The van der Waals surface area contributed by atoms with Gasteiger partial charge >= 0.3 is 6.03 Å². The van der Waals surface area contributed by atoms with Gasteiger partial charge in [0.2, 0.25) is 11.0 Å². The Balaban J connectivity index is 1.62. The van der Waals surface area contributed by atoms with Crippen molar-refractivity contribution >= 4 is 44.9 Å². The smallest absolute Gasteiger partial charge is 0.323 e. The molecule has 0 radical (unpaired) electrons. The number of carbonyl (C=O) groups excluding carboxylic acids is 2. The first kappa shape index (κ1) is 12.9. The van der Waals surface area contributed by atoms with Crippen LogP contribution in [0.1, 0.15) is 5.69 Å². The van der Waals surface area contributed by atoms with E-state index in [1.165, 1.54) is 22.7 Å². The lowest BCUT2D eigenvalue weighted by atomic mass is 10.3. The van der Waals surface area contributed by atoms with Crippen LogP contribution in [0.3, 0.4) is 0 Å². The van der Waals surface area contributed by atoms with Crippen molar-refractivity contribution in [1.82, 2.24) is 20.5 Å². The van der Waals surface area contributed by atoms with Crippen LogP contribution in [0.25, 0.3) is 0 Å². The quantitative estimate of drug-likeness (QED) is 0.866. The molecule has 3 rings (SSSR count). The molecule has 2 N–H and O–H groups in total. The molecule has 0 aliphatic carbocycles. The van der Waals surface area contributed by atoms with Crippen molar-refractivity contribution in [2.75, 3.05) is 23.3 Å². The molecule has 10 heteroatoms. The Morgan fingerprint density at radius 3 is 3.10 bits per heavy atom. The lowest BCUT2D eigenvalue weighted by Crippen LogP contribution is -2.27. The number of amides is 3. The summed E-state index contributed by atoms with van der Waals surface area (Å²) in [6.07, 6.45) is 0.144. The van der Waals surface area contributed by atoms with E-state index in [4.69, 9.17) is 0 Å². The van der Waals surface area contributed by atoms with Gasteiger partial charge in [0.1, 0.15) is 5.51 Å². The van der Waals surface area contributed by atoms with Gasteiger partial charge in [0, 0.05) is 18.5 Å². The molecule has 2 aromatic heterocycles. The van der Waals surface area contributed by atoms with Gasteiger partial charge in [0.05, 0.1) is 12.1 Å². The second-order valence-corrected chi connectivity index (χ2v) is 5.64. The Morgan fingerprint density at radius 2 is 2.40 bits per heavy atom. The normalized spacial score (nSPS) is 14.4. The third-order valence-corrected chi connectivity index (χ3v) is 4.09. The summed E-state index contributed by atoms with van der Waals surface area (Å²) in [5, 5.41) is 15.6. The molecule has 0 spiro atoms. The highest BCUT2D eigenvalue weighted by molar-refractivity contribution is 7.14. The zero-order valence-electron chi connectivity index (χ0n) is 10.2. The molecule has 0 saturated carbocycles. The summed E-state index contributed by atoms with van der Waals surface area (Å²) in [7, 11) is 0. The number of carbonyl (C=O) groups is 2. The van der Waals surface area contributed by atoms with Crippen molar-refractivity contribution in [1.29, 1.82) is 0 Å². The van der Waals surface area contributed by atoms with E-state index in [-0.39, 0.29) is 18.4 Å². The molecule has 1 fully saturated rings. The topological polar surface area (TPSA) is 100 Å². The molecular formula is C10H10N6O2S2.